The highest BCUT2D eigenvalue weighted by molar-refractivity contribution is 5.85. The Bertz CT molecular complexity index is 347. The van der Waals surface area contributed by atoms with Crippen LogP contribution in [0.4, 0.5) is 0 Å². The smallest absolute Gasteiger partial charge is 0.160 e. The maximum atomic E-state index is 9.75. The first-order chi connectivity index (χ1) is 7.60. The molecule has 4 nitrogen and oxygen atoms in total. The number of aliphatic hydroxyl groups is 1. The maximum absolute atomic E-state index is 9.75. The lowest BCUT2D eigenvalue weighted by atomic mass is 9.99. The summed E-state index contributed by atoms with van der Waals surface area (Å²) in [5.41, 5.74) is 6.59. The van der Waals surface area contributed by atoms with E-state index in [1.54, 1.807) is 12.1 Å². The van der Waals surface area contributed by atoms with Crippen LogP contribution in [0.1, 0.15) is 31.4 Å². The largest absolute Gasteiger partial charge is 0.504 e. The Morgan fingerprint density at radius 1 is 1.41 bits per heavy atom. The molecule has 2 atom stereocenters. The number of aromatic hydroxyl groups is 1. The number of benzene rings is 1. The van der Waals surface area contributed by atoms with E-state index in [9.17, 15) is 10.2 Å². The summed E-state index contributed by atoms with van der Waals surface area (Å²) in [5.74, 6) is 0.445. The third kappa shape index (κ3) is 4.07. The summed E-state index contributed by atoms with van der Waals surface area (Å²) < 4.78 is 4.93. The van der Waals surface area contributed by atoms with Crippen molar-refractivity contribution in [1.82, 2.24) is 0 Å². The average Bonchev–Trinajstić information content (AvgIpc) is 2.28. The van der Waals surface area contributed by atoms with Gasteiger partial charge >= 0.3 is 0 Å². The number of aliphatic hydroxyl groups excluding tert-OH is 1. The summed E-state index contributed by atoms with van der Waals surface area (Å²) in [6.07, 6.45) is 0.933. The van der Waals surface area contributed by atoms with E-state index in [0.29, 0.717) is 17.7 Å². The minimum absolute atomic E-state index is 0. The van der Waals surface area contributed by atoms with E-state index in [0.717, 1.165) is 6.42 Å². The molecule has 1 rings (SSSR count). The topological polar surface area (TPSA) is 75.7 Å². The molecule has 1 aromatic carbocycles. The fraction of sp³-hybridized carbons (Fsp3) is 0.500. The Hall–Kier alpha value is -0.970. The van der Waals surface area contributed by atoms with E-state index in [-0.39, 0.29) is 18.2 Å². The Morgan fingerprint density at radius 3 is 2.53 bits per heavy atom. The Balaban J connectivity index is 0.00000256. The molecule has 0 heterocycles. The van der Waals surface area contributed by atoms with Crippen LogP contribution < -0.4 is 10.5 Å². The number of ether oxygens (including phenoxy) is 1. The number of phenolic OH excluding ortho intramolecular Hbond substituents is 1. The number of phenols is 1. The lowest BCUT2D eigenvalue weighted by Gasteiger charge is -2.19. The lowest BCUT2D eigenvalue weighted by molar-refractivity contribution is 0.134. The standard InChI is InChI=1S/C12H19NO3.ClH/c1-3-4-9(14)12(13)8-5-6-11(16-2)10(15)7-8;/h5-7,9,12,14-15H,3-4,13H2,1-2H3;1H/t9-,12+;/m1./s1. The lowest BCUT2D eigenvalue weighted by Crippen LogP contribution is -2.25. The first-order valence-electron chi connectivity index (χ1n) is 5.40. The Labute approximate surface area is 108 Å². The molecule has 0 unspecified atom stereocenters. The molecule has 0 aromatic heterocycles. The minimum atomic E-state index is -0.585. The van der Waals surface area contributed by atoms with Gasteiger partial charge in [-0.3, -0.25) is 0 Å². The van der Waals surface area contributed by atoms with Gasteiger partial charge in [0.25, 0.3) is 0 Å². The van der Waals surface area contributed by atoms with Crippen molar-refractivity contribution in [3.8, 4) is 11.5 Å². The van der Waals surface area contributed by atoms with E-state index >= 15 is 0 Å². The Morgan fingerprint density at radius 2 is 2.06 bits per heavy atom. The third-order valence-corrected chi connectivity index (χ3v) is 2.59. The highest BCUT2D eigenvalue weighted by Crippen LogP contribution is 2.29. The molecular formula is C12H20ClNO3. The molecule has 0 fully saturated rings. The fourth-order valence-electron chi connectivity index (χ4n) is 1.61. The van der Waals surface area contributed by atoms with Crippen LogP contribution in [0.5, 0.6) is 11.5 Å². The van der Waals surface area contributed by atoms with Gasteiger partial charge < -0.3 is 20.7 Å². The molecule has 0 bridgehead atoms. The molecular weight excluding hydrogens is 242 g/mol. The highest BCUT2D eigenvalue weighted by Gasteiger charge is 2.17. The molecule has 98 valence electrons. The van der Waals surface area contributed by atoms with Gasteiger partial charge in [0.2, 0.25) is 0 Å². The molecule has 17 heavy (non-hydrogen) atoms. The molecule has 0 spiro atoms. The zero-order valence-electron chi connectivity index (χ0n) is 10.1. The second-order valence-electron chi connectivity index (χ2n) is 3.81. The molecule has 0 saturated carbocycles. The van der Waals surface area contributed by atoms with Gasteiger partial charge in [-0.2, -0.15) is 0 Å². The number of rotatable bonds is 5. The molecule has 0 aliphatic carbocycles. The van der Waals surface area contributed by atoms with Crippen LogP contribution in [0.3, 0.4) is 0 Å². The van der Waals surface area contributed by atoms with E-state index in [1.165, 1.54) is 13.2 Å². The summed E-state index contributed by atoms with van der Waals surface area (Å²) in [5, 5.41) is 19.3. The van der Waals surface area contributed by atoms with Gasteiger partial charge in [-0.25, -0.2) is 0 Å². The van der Waals surface area contributed by atoms with E-state index in [1.807, 2.05) is 6.92 Å². The van der Waals surface area contributed by atoms with Crippen molar-refractivity contribution in [2.24, 2.45) is 5.73 Å². The monoisotopic (exact) mass is 261 g/mol. The van der Waals surface area contributed by atoms with Crippen LogP contribution in [-0.4, -0.2) is 23.4 Å². The second kappa shape index (κ2) is 7.37. The Kier molecular flexibility index (Phi) is 6.95. The number of nitrogens with two attached hydrogens (primary N) is 1. The summed E-state index contributed by atoms with van der Waals surface area (Å²) in [6.45, 7) is 1.99. The summed E-state index contributed by atoms with van der Waals surface area (Å²) in [7, 11) is 1.49. The van der Waals surface area contributed by atoms with Crippen LogP contribution in [0.2, 0.25) is 0 Å². The van der Waals surface area contributed by atoms with Crippen LogP contribution in [0.15, 0.2) is 18.2 Å². The SMILES string of the molecule is CCC[C@@H](O)[C@@H](N)c1ccc(OC)c(O)c1.Cl. The van der Waals surface area contributed by atoms with Crippen molar-refractivity contribution in [2.45, 2.75) is 31.9 Å². The third-order valence-electron chi connectivity index (χ3n) is 2.59. The zero-order chi connectivity index (χ0) is 12.1. The zero-order valence-corrected chi connectivity index (χ0v) is 10.9. The quantitative estimate of drug-likeness (QED) is 0.758. The molecule has 0 amide bonds. The number of methoxy groups -OCH3 is 1. The summed E-state index contributed by atoms with van der Waals surface area (Å²) in [4.78, 5) is 0. The number of halogens is 1. The summed E-state index contributed by atoms with van der Waals surface area (Å²) >= 11 is 0. The van der Waals surface area contributed by atoms with Crippen LogP contribution in [0, 0.1) is 0 Å². The molecule has 1 aromatic rings. The van der Waals surface area contributed by atoms with Crippen molar-refractivity contribution in [1.29, 1.82) is 0 Å². The molecule has 4 N–H and O–H groups in total. The van der Waals surface area contributed by atoms with Gasteiger partial charge in [0.15, 0.2) is 11.5 Å². The van der Waals surface area contributed by atoms with Gasteiger partial charge in [-0.05, 0) is 24.1 Å². The normalized spacial score (nSPS) is 13.6. The minimum Gasteiger partial charge on any atom is -0.504 e. The van der Waals surface area contributed by atoms with Crippen LogP contribution >= 0.6 is 12.4 Å². The predicted molar refractivity (Wildman–Crippen MR) is 69.8 cm³/mol. The van der Waals surface area contributed by atoms with Crippen molar-refractivity contribution in [3.63, 3.8) is 0 Å². The van der Waals surface area contributed by atoms with Gasteiger partial charge in [-0.15, -0.1) is 12.4 Å². The van der Waals surface area contributed by atoms with Gasteiger partial charge in [-0.1, -0.05) is 19.4 Å². The highest BCUT2D eigenvalue weighted by atomic mass is 35.5. The van der Waals surface area contributed by atoms with E-state index in [2.05, 4.69) is 0 Å². The van der Waals surface area contributed by atoms with Crippen molar-refractivity contribution >= 4 is 12.4 Å². The summed E-state index contributed by atoms with van der Waals surface area (Å²) in [6, 6.07) is 4.45. The number of hydrogen-bond acceptors (Lipinski definition) is 4. The van der Waals surface area contributed by atoms with E-state index in [4.69, 9.17) is 10.5 Å². The van der Waals surface area contributed by atoms with Gasteiger partial charge in [0, 0.05) is 0 Å². The fourth-order valence-corrected chi connectivity index (χ4v) is 1.61. The second-order valence-corrected chi connectivity index (χ2v) is 3.81. The predicted octanol–water partition coefficient (Wildman–Crippen LogP) is 1.98. The van der Waals surface area contributed by atoms with Crippen molar-refractivity contribution in [3.05, 3.63) is 23.8 Å². The molecule has 0 aliphatic heterocycles. The van der Waals surface area contributed by atoms with E-state index < -0.39 is 12.1 Å². The van der Waals surface area contributed by atoms with Gasteiger partial charge in [0.1, 0.15) is 0 Å². The first-order valence-corrected chi connectivity index (χ1v) is 5.40. The van der Waals surface area contributed by atoms with Crippen molar-refractivity contribution < 1.29 is 14.9 Å². The molecule has 5 heteroatoms. The average molecular weight is 262 g/mol. The van der Waals surface area contributed by atoms with Crippen LogP contribution in [-0.2, 0) is 0 Å². The van der Waals surface area contributed by atoms with Crippen LogP contribution in [0.25, 0.3) is 0 Å². The number of hydrogen-bond donors (Lipinski definition) is 3. The van der Waals surface area contributed by atoms with Crippen molar-refractivity contribution in [2.75, 3.05) is 7.11 Å². The first kappa shape index (κ1) is 16.0. The molecule has 0 aliphatic rings. The molecule has 0 saturated heterocycles. The van der Waals surface area contributed by atoms with Gasteiger partial charge in [0.05, 0.1) is 19.3 Å². The maximum Gasteiger partial charge on any atom is 0.160 e. The molecule has 0 radical (unpaired) electrons.